The van der Waals surface area contributed by atoms with E-state index in [9.17, 15) is 5.26 Å². The number of hydrogen-bond donors (Lipinski definition) is 0. The van der Waals surface area contributed by atoms with Crippen molar-refractivity contribution in [3.63, 3.8) is 0 Å². The van der Waals surface area contributed by atoms with E-state index in [0.29, 0.717) is 6.04 Å². The molecule has 1 aromatic rings. The summed E-state index contributed by atoms with van der Waals surface area (Å²) in [6.45, 7) is 4.24. The molecule has 1 heterocycles. The molecule has 3 heteroatoms. The highest BCUT2D eigenvalue weighted by Crippen LogP contribution is 2.38. The molecule has 92 valence electrons. The molecule has 1 aliphatic carbocycles. The van der Waals surface area contributed by atoms with Gasteiger partial charge in [-0.3, -0.25) is 4.68 Å². The first-order chi connectivity index (χ1) is 8.24. The summed E-state index contributed by atoms with van der Waals surface area (Å²) in [6.07, 6.45) is 7.92. The Morgan fingerprint density at radius 3 is 2.94 bits per heavy atom. The van der Waals surface area contributed by atoms with Crippen molar-refractivity contribution in [2.45, 2.75) is 52.0 Å². The van der Waals surface area contributed by atoms with E-state index in [0.717, 1.165) is 24.5 Å². The third-order valence-corrected chi connectivity index (χ3v) is 3.87. The Balaban J connectivity index is 2.13. The Labute approximate surface area is 103 Å². The van der Waals surface area contributed by atoms with Crippen LogP contribution in [0, 0.1) is 30.1 Å². The SMILES string of the molecule is CCCC1CCC(C#N)C(n2ccc(C)n2)C1. The standard InChI is InChI=1S/C14H21N3/c1-3-4-12-5-6-13(10-15)14(9-12)17-8-7-11(2)16-17/h7-8,12-14H,3-6,9H2,1-2H3. The predicted molar refractivity (Wildman–Crippen MR) is 67.4 cm³/mol. The fraction of sp³-hybridized carbons (Fsp3) is 0.714. The lowest BCUT2D eigenvalue weighted by Gasteiger charge is -2.32. The van der Waals surface area contributed by atoms with Crippen LogP contribution in [0.15, 0.2) is 12.3 Å². The van der Waals surface area contributed by atoms with Gasteiger partial charge in [0.25, 0.3) is 0 Å². The lowest BCUT2D eigenvalue weighted by atomic mass is 9.77. The van der Waals surface area contributed by atoms with Crippen LogP contribution in [0.1, 0.15) is 50.8 Å². The van der Waals surface area contributed by atoms with Crippen molar-refractivity contribution in [1.29, 1.82) is 5.26 Å². The average molecular weight is 231 g/mol. The fourth-order valence-corrected chi connectivity index (χ4v) is 2.96. The molecule has 1 fully saturated rings. The summed E-state index contributed by atoms with van der Waals surface area (Å²) in [5, 5.41) is 13.7. The van der Waals surface area contributed by atoms with Crippen molar-refractivity contribution in [1.82, 2.24) is 9.78 Å². The van der Waals surface area contributed by atoms with E-state index in [1.165, 1.54) is 19.3 Å². The van der Waals surface area contributed by atoms with Crippen molar-refractivity contribution >= 4 is 0 Å². The van der Waals surface area contributed by atoms with Gasteiger partial charge in [-0.1, -0.05) is 19.8 Å². The Hall–Kier alpha value is -1.30. The molecule has 3 unspecified atom stereocenters. The molecule has 0 radical (unpaired) electrons. The van der Waals surface area contributed by atoms with E-state index in [2.05, 4.69) is 18.1 Å². The maximum Gasteiger partial charge on any atom is 0.0688 e. The second kappa shape index (κ2) is 5.35. The highest BCUT2D eigenvalue weighted by atomic mass is 15.3. The topological polar surface area (TPSA) is 41.6 Å². The molecule has 0 saturated heterocycles. The molecule has 1 aliphatic rings. The van der Waals surface area contributed by atoms with Crippen LogP contribution in [-0.2, 0) is 0 Å². The summed E-state index contributed by atoms with van der Waals surface area (Å²) in [6, 6.07) is 4.78. The summed E-state index contributed by atoms with van der Waals surface area (Å²) >= 11 is 0. The van der Waals surface area contributed by atoms with Crippen LogP contribution in [0.5, 0.6) is 0 Å². The van der Waals surface area contributed by atoms with Crippen LogP contribution in [0.25, 0.3) is 0 Å². The van der Waals surface area contributed by atoms with Gasteiger partial charge in [0.2, 0.25) is 0 Å². The minimum Gasteiger partial charge on any atom is -0.268 e. The Morgan fingerprint density at radius 1 is 1.53 bits per heavy atom. The monoisotopic (exact) mass is 231 g/mol. The van der Waals surface area contributed by atoms with E-state index < -0.39 is 0 Å². The molecule has 3 atom stereocenters. The summed E-state index contributed by atoms with van der Waals surface area (Å²) in [5.41, 5.74) is 1.04. The molecule has 0 aliphatic heterocycles. The van der Waals surface area contributed by atoms with E-state index in [4.69, 9.17) is 0 Å². The molecule has 0 N–H and O–H groups in total. The molecular weight excluding hydrogens is 210 g/mol. The van der Waals surface area contributed by atoms with Gasteiger partial charge in [0, 0.05) is 6.20 Å². The number of aryl methyl sites for hydroxylation is 1. The van der Waals surface area contributed by atoms with Crippen LogP contribution in [0.2, 0.25) is 0 Å². The number of nitrogens with zero attached hydrogens (tertiary/aromatic N) is 3. The first-order valence-corrected chi connectivity index (χ1v) is 6.66. The number of hydrogen-bond acceptors (Lipinski definition) is 2. The summed E-state index contributed by atoms with van der Waals surface area (Å²) < 4.78 is 2.02. The van der Waals surface area contributed by atoms with Crippen molar-refractivity contribution in [3.05, 3.63) is 18.0 Å². The average Bonchev–Trinajstić information content (AvgIpc) is 2.76. The lowest BCUT2D eigenvalue weighted by molar-refractivity contribution is 0.198. The maximum atomic E-state index is 9.25. The Morgan fingerprint density at radius 2 is 2.35 bits per heavy atom. The predicted octanol–water partition coefficient (Wildman–Crippen LogP) is 3.47. The second-order valence-electron chi connectivity index (χ2n) is 5.21. The minimum atomic E-state index is 0.141. The van der Waals surface area contributed by atoms with Gasteiger partial charge in [0.15, 0.2) is 0 Å². The minimum absolute atomic E-state index is 0.141. The maximum absolute atomic E-state index is 9.25. The largest absolute Gasteiger partial charge is 0.268 e. The van der Waals surface area contributed by atoms with Gasteiger partial charge in [-0.05, 0) is 38.2 Å². The van der Waals surface area contributed by atoms with Gasteiger partial charge in [0.1, 0.15) is 0 Å². The summed E-state index contributed by atoms with van der Waals surface area (Å²) in [5.74, 6) is 0.918. The molecule has 0 spiro atoms. The molecular formula is C14H21N3. The lowest BCUT2D eigenvalue weighted by Crippen LogP contribution is -2.27. The third kappa shape index (κ3) is 2.69. The zero-order chi connectivity index (χ0) is 12.3. The van der Waals surface area contributed by atoms with Crippen molar-refractivity contribution in [2.75, 3.05) is 0 Å². The van der Waals surface area contributed by atoms with Crippen LogP contribution >= 0.6 is 0 Å². The van der Waals surface area contributed by atoms with E-state index in [1.54, 1.807) is 0 Å². The number of rotatable bonds is 3. The van der Waals surface area contributed by atoms with Gasteiger partial charge in [-0.25, -0.2) is 0 Å². The molecule has 1 saturated carbocycles. The smallest absolute Gasteiger partial charge is 0.0688 e. The van der Waals surface area contributed by atoms with Crippen molar-refractivity contribution in [2.24, 2.45) is 11.8 Å². The van der Waals surface area contributed by atoms with Crippen LogP contribution in [0.4, 0.5) is 0 Å². The Kier molecular flexibility index (Phi) is 3.83. The fourth-order valence-electron chi connectivity index (χ4n) is 2.96. The van der Waals surface area contributed by atoms with Gasteiger partial charge < -0.3 is 0 Å². The molecule has 0 amide bonds. The van der Waals surface area contributed by atoms with E-state index in [1.807, 2.05) is 23.9 Å². The Bertz CT molecular complexity index is 402. The zero-order valence-corrected chi connectivity index (χ0v) is 10.8. The van der Waals surface area contributed by atoms with Crippen LogP contribution in [0.3, 0.4) is 0 Å². The second-order valence-corrected chi connectivity index (χ2v) is 5.21. The van der Waals surface area contributed by atoms with Crippen LogP contribution < -0.4 is 0 Å². The van der Waals surface area contributed by atoms with Gasteiger partial charge in [-0.15, -0.1) is 0 Å². The number of nitriles is 1. The molecule has 1 aromatic heterocycles. The molecule has 2 rings (SSSR count). The molecule has 3 nitrogen and oxygen atoms in total. The zero-order valence-electron chi connectivity index (χ0n) is 10.8. The molecule has 0 bridgehead atoms. The van der Waals surface area contributed by atoms with Gasteiger partial charge in [-0.2, -0.15) is 10.4 Å². The third-order valence-electron chi connectivity index (χ3n) is 3.87. The first-order valence-electron chi connectivity index (χ1n) is 6.66. The van der Waals surface area contributed by atoms with E-state index >= 15 is 0 Å². The first kappa shape index (κ1) is 12.2. The highest BCUT2D eigenvalue weighted by molar-refractivity contribution is 5.01. The van der Waals surface area contributed by atoms with E-state index in [-0.39, 0.29) is 5.92 Å². The highest BCUT2D eigenvalue weighted by Gasteiger charge is 2.31. The normalized spacial score (nSPS) is 28.9. The van der Waals surface area contributed by atoms with Gasteiger partial charge >= 0.3 is 0 Å². The van der Waals surface area contributed by atoms with Crippen LogP contribution in [-0.4, -0.2) is 9.78 Å². The summed E-state index contributed by atoms with van der Waals surface area (Å²) in [7, 11) is 0. The number of aromatic nitrogens is 2. The molecule has 17 heavy (non-hydrogen) atoms. The molecule has 0 aromatic carbocycles. The quantitative estimate of drug-likeness (QED) is 0.799. The van der Waals surface area contributed by atoms with Crippen molar-refractivity contribution in [3.8, 4) is 6.07 Å². The summed E-state index contributed by atoms with van der Waals surface area (Å²) in [4.78, 5) is 0. The van der Waals surface area contributed by atoms with Gasteiger partial charge in [0.05, 0.1) is 23.7 Å². The van der Waals surface area contributed by atoms with Crippen molar-refractivity contribution < 1.29 is 0 Å².